The van der Waals surface area contributed by atoms with Gasteiger partial charge in [-0.15, -0.1) is 11.8 Å². The minimum atomic E-state index is 0.765. The van der Waals surface area contributed by atoms with E-state index in [-0.39, 0.29) is 0 Å². The van der Waals surface area contributed by atoms with Crippen molar-refractivity contribution in [3.05, 3.63) is 48.1 Å². The van der Waals surface area contributed by atoms with Crippen LogP contribution in [0.4, 0.5) is 0 Å². The first kappa shape index (κ1) is 10.8. The van der Waals surface area contributed by atoms with Crippen molar-refractivity contribution < 1.29 is 4.79 Å². The number of carbonyl (C=O) groups excluding carboxylic acids is 1. The van der Waals surface area contributed by atoms with E-state index in [9.17, 15) is 4.79 Å². The van der Waals surface area contributed by atoms with Crippen molar-refractivity contribution in [2.24, 2.45) is 0 Å². The summed E-state index contributed by atoms with van der Waals surface area (Å²) in [6.45, 7) is 0. The van der Waals surface area contributed by atoms with E-state index >= 15 is 0 Å². The van der Waals surface area contributed by atoms with Crippen LogP contribution in [-0.4, -0.2) is 12.5 Å². The van der Waals surface area contributed by atoms with E-state index in [1.807, 2.05) is 12.2 Å². The normalized spacial score (nSPS) is 11.2. The Balaban J connectivity index is 2.63. The Bertz CT molecular complexity index is 336. The highest BCUT2D eigenvalue weighted by molar-refractivity contribution is 7.98. The predicted octanol–water partition coefficient (Wildman–Crippen LogP) is 3.18. The van der Waals surface area contributed by atoms with Crippen LogP contribution in [-0.2, 0) is 4.79 Å². The molecule has 0 aliphatic carbocycles. The Hall–Kier alpha value is -1.28. The fraction of sp³-hybridized carbons (Fsp3) is 0.0833. The van der Waals surface area contributed by atoms with Gasteiger partial charge in [0, 0.05) is 4.90 Å². The molecule has 0 amide bonds. The topological polar surface area (TPSA) is 17.1 Å². The lowest BCUT2D eigenvalue weighted by atomic mass is 10.2. The number of allylic oxidation sites excluding steroid dienone is 3. The third-order valence-electron chi connectivity index (χ3n) is 1.71. The van der Waals surface area contributed by atoms with E-state index in [0.29, 0.717) is 0 Å². The van der Waals surface area contributed by atoms with Crippen molar-refractivity contribution in [2.45, 2.75) is 4.90 Å². The Morgan fingerprint density at radius 1 is 1.07 bits per heavy atom. The summed E-state index contributed by atoms with van der Waals surface area (Å²) < 4.78 is 0. The quantitative estimate of drug-likeness (QED) is 0.324. The van der Waals surface area contributed by atoms with Gasteiger partial charge in [-0.25, -0.2) is 0 Å². The number of carbonyl (C=O) groups is 1. The van der Waals surface area contributed by atoms with E-state index in [2.05, 4.69) is 30.5 Å². The first-order valence-electron chi connectivity index (χ1n) is 4.29. The molecule has 0 radical (unpaired) electrons. The van der Waals surface area contributed by atoms with Crippen molar-refractivity contribution in [1.29, 1.82) is 0 Å². The largest absolute Gasteiger partial charge is 0.299 e. The van der Waals surface area contributed by atoms with Crippen molar-refractivity contribution in [1.82, 2.24) is 0 Å². The summed E-state index contributed by atoms with van der Waals surface area (Å²) in [5, 5.41) is 0. The summed E-state index contributed by atoms with van der Waals surface area (Å²) in [5.41, 5.74) is 1.14. The molecule has 1 rings (SSSR count). The van der Waals surface area contributed by atoms with Gasteiger partial charge in [0.2, 0.25) is 0 Å². The monoisotopic (exact) mass is 204 g/mol. The lowest BCUT2D eigenvalue weighted by molar-refractivity contribution is -0.104. The lowest BCUT2D eigenvalue weighted by Gasteiger charge is -1.95. The zero-order chi connectivity index (χ0) is 10.2. The maximum absolute atomic E-state index is 9.98. The van der Waals surface area contributed by atoms with Crippen LogP contribution < -0.4 is 0 Å². The van der Waals surface area contributed by atoms with Crippen LogP contribution in [0.2, 0.25) is 0 Å². The number of benzene rings is 1. The van der Waals surface area contributed by atoms with Crippen molar-refractivity contribution in [3.63, 3.8) is 0 Å². The Morgan fingerprint density at radius 3 is 2.36 bits per heavy atom. The van der Waals surface area contributed by atoms with Crippen LogP contribution in [0.15, 0.2) is 47.4 Å². The molecule has 0 fully saturated rings. The molecule has 14 heavy (non-hydrogen) atoms. The molecule has 1 aromatic carbocycles. The highest BCUT2D eigenvalue weighted by Crippen LogP contribution is 2.15. The summed E-state index contributed by atoms with van der Waals surface area (Å²) >= 11 is 1.73. The number of hydrogen-bond acceptors (Lipinski definition) is 2. The van der Waals surface area contributed by atoms with E-state index in [1.165, 1.54) is 11.0 Å². The number of thioether (sulfide) groups is 1. The SMILES string of the molecule is CSc1ccc(C=CC=CC=O)cc1. The minimum Gasteiger partial charge on any atom is -0.299 e. The lowest BCUT2D eigenvalue weighted by Crippen LogP contribution is -1.72. The second kappa shape index (κ2) is 6.22. The van der Waals surface area contributed by atoms with Gasteiger partial charge in [0.25, 0.3) is 0 Å². The summed E-state index contributed by atoms with van der Waals surface area (Å²) in [4.78, 5) is 11.2. The maximum Gasteiger partial charge on any atom is 0.142 e. The molecule has 1 aromatic rings. The first-order chi connectivity index (χ1) is 6.86. The molecule has 0 aliphatic rings. The summed E-state index contributed by atoms with van der Waals surface area (Å²) in [5.74, 6) is 0. The Morgan fingerprint density at radius 2 is 1.79 bits per heavy atom. The zero-order valence-corrected chi connectivity index (χ0v) is 8.83. The van der Waals surface area contributed by atoms with Crippen LogP contribution in [0, 0.1) is 0 Å². The minimum absolute atomic E-state index is 0.765. The smallest absolute Gasteiger partial charge is 0.142 e. The van der Waals surface area contributed by atoms with Crippen molar-refractivity contribution in [3.8, 4) is 0 Å². The second-order valence-corrected chi connectivity index (χ2v) is 3.53. The molecule has 72 valence electrons. The Kier molecular flexibility index (Phi) is 4.79. The van der Waals surface area contributed by atoms with Gasteiger partial charge in [-0.3, -0.25) is 4.79 Å². The van der Waals surface area contributed by atoms with Crippen LogP contribution in [0.3, 0.4) is 0 Å². The van der Waals surface area contributed by atoms with Crippen LogP contribution in [0.1, 0.15) is 5.56 Å². The van der Waals surface area contributed by atoms with Gasteiger partial charge in [0.15, 0.2) is 0 Å². The molecule has 0 spiro atoms. The highest BCUT2D eigenvalue weighted by atomic mass is 32.2. The molecule has 0 bridgehead atoms. The molecular weight excluding hydrogens is 192 g/mol. The molecule has 0 saturated carbocycles. The molecule has 0 aromatic heterocycles. The van der Waals surface area contributed by atoms with Gasteiger partial charge >= 0.3 is 0 Å². The van der Waals surface area contributed by atoms with Crippen LogP contribution >= 0.6 is 11.8 Å². The summed E-state index contributed by atoms with van der Waals surface area (Å²) in [6.07, 6.45) is 9.81. The molecule has 2 heteroatoms. The third-order valence-corrected chi connectivity index (χ3v) is 2.45. The van der Waals surface area contributed by atoms with Gasteiger partial charge in [-0.05, 0) is 30.0 Å². The fourth-order valence-corrected chi connectivity index (χ4v) is 1.40. The second-order valence-electron chi connectivity index (χ2n) is 2.65. The molecule has 0 N–H and O–H groups in total. The highest BCUT2D eigenvalue weighted by Gasteiger charge is 1.88. The van der Waals surface area contributed by atoms with E-state index in [4.69, 9.17) is 0 Å². The molecule has 0 saturated heterocycles. The zero-order valence-electron chi connectivity index (χ0n) is 8.01. The van der Waals surface area contributed by atoms with Gasteiger partial charge in [-0.1, -0.05) is 30.4 Å². The van der Waals surface area contributed by atoms with Crippen LogP contribution in [0.25, 0.3) is 6.08 Å². The van der Waals surface area contributed by atoms with E-state index in [0.717, 1.165) is 11.8 Å². The van der Waals surface area contributed by atoms with Gasteiger partial charge < -0.3 is 0 Å². The molecule has 1 nitrogen and oxygen atoms in total. The Labute approximate surface area is 88.5 Å². The molecule has 0 atom stereocenters. The average Bonchev–Trinajstić information content (AvgIpc) is 2.25. The van der Waals surface area contributed by atoms with Gasteiger partial charge in [0.1, 0.15) is 6.29 Å². The van der Waals surface area contributed by atoms with Crippen molar-refractivity contribution in [2.75, 3.05) is 6.26 Å². The van der Waals surface area contributed by atoms with E-state index < -0.39 is 0 Å². The number of hydrogen-bond donors (Lipinski definition) is 0. The summed E-state index contributed by atoms with van der Waals surface area (Å²) in [6, 6.07) is 8.26. The molecule has 0 heterocycles. The predicted molar refractivity (Wildman–Crippen MR) is 62.5 cm³/mol. The molecule has 0 aliphatic heterocycles. The molecule has 0 unspecified atom stereocenters. The van der Waals surface area contributed by atoms with E-state index in [1.54, 1.807) is 17.8 Å². The van der Waals surface area contributed by atoms with Gasteiger partial charge in [0.05, 0.1) is 0 Å². The van der Waals surface area contributed by atoms with Crippen LogP contribution in [0.5, 0.6) is 0 Å². The van der Waals surface area contributed by atoms with Gasteiger partial charge in [-0.2, -0.15) is 0 Å². The number of rotatable bonds is 4. The first-order valence-corrected chi connectivity index (χ1v) is 5.52. The standard InChI is InChI=1S/C12H12OS/c1-14-12-8-6-11(7-9-12)5-3-2-4-10-13/h2-10H,1H3. The fourth-order valence-electron chi connectivity index (χ4n) is 0.991. The number of aldehydes is 1. The molecular formula is C12H12OS. The average molecular weight is 204 g/mol. The maximum atomic E-state index is 9.98. The summed E-state index contributed by atoms with van der Waals surface area (Å²) in [7, 11) is 0. The van der Waals surface area contributed by atoms with Crippen molar-refractivity contribution >= 4 is 24.1 Å². The third kappa shape index (κ3) is 3.62.